The standard InChI is InChI=1S/C14H13Cl2FN2/c1-18-14(11-4-5-19-8-12(11)16)7-9-6-10(15)2-3-13(9)17/h2-6,8,14,18H,7H2,1H3. The van der Waals surface area contributed by atoms with Crippen molar-refractivity contribution in [2.24, 2.45) is 0 Å². The Labute approximate surface area is 121 Å². The van der Waals surface area contributed by atoms with Crippen LogP contribution in [-0.2, 0) is 6.42 Å². The van der Waals surface area contributed by atoms with Gasteiger partial charge in [0.05, 0.1) is 5.02 Å². The number of pyridine rings is 1. The van der Waals surface area contributed by atoms with Gasteiger partial charge in [-0.25, -0.2) is 4.39 Å². The Kier molecular flexibility index (Phi) is 4.75. The Bertz CT molecular complexity index is 575. The molecule has 1 heterocycles. The zero-order valence-electron chi connectivity index (χ0n) is 10.3. The molecule has 0 saturated carbocycles. The van der Waals surface area contributed by atoms with Crippen LogP contribution in [-0.4, -0.2) is 12.0 Å². The van der Waals surface area contributed by atoms with Crippen molar-refractivity contribution >= 4 is 23.2 Å². The van der Waals surface area contributed by atoms with Crippen molar-refractivity contribution < 1.29 is 4.39 Å². The van der Waals surface area contributed by atoms with E-state index in [-0.39, 0.29) is 11.9 Å². The molecule has 1 N–H and O–H groups in total. The molecule has 1 aromatic carbocycles. The van der Waals surface area contributed by atoms with Crippen LogP contribution in [0.5, 0.6) is 0 Å². The van der Waals surface area contributed by atoms with Crippen LogP contribution in [0, 0.1) is 5.82 Å². The molecule has 2 nitrogen and oxygen atoms in total. The van der Waals surface area contributed by atoms with Crippen molar-refractivity contribution in [1.29, 1.82) is 0 Å². The monoisotopic (exact) mass is 298 g/mol. The number of likely N-dealkylation sites (N-methyl/N-ethyl adjacent to an activating group) is 1. The highest BCUT2D eigenvalue weighted by atomic mass is 35.5. The van der Waals surface area contributed by atoms with E-state index in [0.717, 1.165) is 5.56 Å². The van der Waals surface area contributed by atoms with Gasteiger partial charge >= 0.3 is 0 Å². The van der Waals surface area contributed by atoms with E-state index in [0.29, 0.717) is 22.0 Å². The molecule has 2 rings (SSSR count). The largest absolute Gasteiger partial charge is 0.313 e. The second kappa shape index (κ2) is 6.33. The molecule has 1 unspecified atom stereocenters. The molecule has 100 valence electrons. The summed E-state index contributed by atoms with van der Waals surface area (Å²) in [5.74, 6) is -0.269. The summed E-state index contributed by atoms with van der Waals surface area (Å²) >= 11 is 12.0. The minimum Gasteiger partial charge on any atom is -0.313 e. The maximum Gasteiger partial charge on any atom is 0.126 e. The molecule has 0 spiro atoms. The third-order valence-corrected chi connectivity index (χ3v) is 3.51. The van der Waals surface area contributed by atoms with Crippen molar-refractivity contribution in [1.82, 2.24) is 10.3 Å². The van der Waals surface area contributed by atoms with Crippen molar-refractivity contribution in [3.05, 3.63) is 63.6 Å². The number of nitrogens with one attached hydrogen (secondary N) is 1. The second-order valence-corrected chi connectivity index (χ2v) is 5.02. The lowest BCUT2D eigenvalue weighted by atomic mass is 9.99. The summed E-state index contributed by atoms with van der Waals surface area (Å²) in [5.41, 5.74) is 1.44. The predicted molar refractivity (Wildman–Crippen MR) is 76.2 cm³/mol. The normalized spacial score (nSPS) is 12.4. The van der Waals surface area contributed by atoms with E-state index in [1.807, 2.05) is 13.1 Å². The summed E-state index contributed by atoms with van der Waals surface area (Å²) in [6.45, 7) is 0. The fraction of sp³-hybridized carbons (Fsp3) is 0.214. The van der Waals surface area contributed by atoms with Gasteiger partial charge in [-0.1, -0.05) is 23.2 Å². The Morgan fingerprint density at radius 3 is 2.79 bits per heavy atom. The summed E-state index contributed by atoms with van der Waals surface area (Å²) in [6, 6.07) is 6.28. The first-order chi connectivity index (χ1) is 9.11. The molecule has 0 amide bonds. The molecule has 0 aliphatic heterocycles. The van der Waals surface area contributed by atoms with Gasteiger partial charge in [0.15, 0.2) is 0 Å². The smallest absolute Gasteiger partial charge is 0.126 e. The van der Waals surface area contributed by atoms with E-state index in [1.54, 1.807) is 18.5 Å². The quantitative estimate of drug-likeness (QED) is 0.922. The van der Waals surface area contributed by atoms with Gasteiger partial charge in [0, 0.05) is 23.5 Å². The van der Waals surface area contributed by atoms with Crippen LogP contribution in [0.1, 0.15) is 17.2 Å². The highest BCUT2D eigenvalue weighted by Crippen LogP contribution is 2.26. The summed E-state index contributed by atoms with van der Waals surface area (Å²) in [6.07, 6.45) is 3.71. The van der Waals surface area contributed by atoms with Crippen LogP contribution < -0.4 is 5.32 Å². The summed E-state index contributed by atoms with van der Waals surface area (Å²) < 4.78 is 13.8. The van der Waals surface area contributed by atoms with Crippen LogP contribution in [0.2, 0.25) is 10.0 Å². The average Bonchev–Trinajstić information content (AvgIpc) is 2.41. The molecule has 1 aromatic heterocycles. The van der Waals surface area contributed by atoms with Gasteiger partial charge in [-0.15, -0.1) is 0 Å². The Balaban J connectivity index is 2.29. The van der Waals surface area contributed by atoms with Crippen molar-refractivity contribution in [3.63, 3.8) is 0 Å². The van der Waals surface area contributed by atoms with Crippen LogP contribution in [0.25, 0.3) is 0 Å². The van der Waals surface area contributed by atoms with Crippen molar-refractivity contribution in [3.8, 4) is 0 Å². The van der Waals surface area contributed by atoms with E-state index in [1.165, 1.54) is 12.1 Å². The molecule has 5 heteroatoms. The minimum absolute atomic E-state index is 0.0940. The molecule has 0 bridgehead atoms. The fourth-order valence-electron chi connectivity index (χ4n) is 1.96. The lowest BCUT2D eigenvalue weighted by molar-refractivity contribution is 0.554. The van der Waals surface area contributed by atoms with Crippen molar-refractivity contribution in [2.45, 2.75) is 12.5 Å². The number of hydrogen-bond donors (Lipinski definition) is 1. The van der Waals surface area contributed by atoms with Crippen molar-refractivity contribution in [2.75, 3.05) is 7.05 Å². The Hall–Kier alpha value is -1.16. The molecule has 0 radical (unpaired) electrons. The van der Waals surface area contributed by atoms with Crippen LogP contribution >= 0.6 is 23.2 Å². The van der Waals surface area contributed by atoms with Gasteiger partial charge in [0.2, 0.25) is 0 Å². The van der Waals surface area contributed by atoms with Gasteiger partial charge in [0.25, 0.3) is 0 Å². The molecule has 2 aromatic rings. The summed E-state index contributed by atoms with van der Waals surface area (Å²) in [7, 11) is 1.81. The second-order valence-electron chi connectivity index (χ2n) is 4.18. The topological polar surface area (TPSA) is 24.9 Å². The number of benzene rings is 1. The summed E-state index contributed by atoms with van der Waals surface area (Å²) in [4.78, 5) is 3.95. The number of halogens is 3. The van der Waals surface area contributed by atoms with Gasteiger partial charge in [0.1, 0.15) is 5.82 Å². The average molecular weight is 299 g/mol. The first-order valence-electron chi connectivity index (χ1n) is 5.82. The highest BCUT2D eigenvalue weighted by molar-refractivity contribution is 6.31. The predicted octanol–water partition coefficient (Wildman–Crippen LogP) is 4.03. The maximum absolute atomic E-state index is 13.8. The van der Waals surface area contributed by atoms with Crippen LogP contribution in [0.3, 0.4) is 0 Å². The zero-order chi connectivity index (χ0) is 13.8. The van der Waals surface area contributed by atoms with Gasteiger partial charge in [-0.2, -0.15) is 0 Å². The molecule has 0 fully saturated rings. The number of rotatable bonds is 4. The van der Waals surface area contributed by atoms with Crippen LogP contribution in [0.15, 0.2) is 36.7 Å². The van der Waals surface area contributed by atoms with E-state index in [2.05, 4.69) is 10.3 Å². The minimum atomic E-state index is -0.269. The molecular weight excluding hydrogens is 286 g/mol. The third-order valence-electron chi connectivity index (χ3n) is 2.96. The maximum atomic E-state index is 13.8. The molecule has 0 aliphatic carbocycles. The van der Waals surface area contributed by atoms with Gasteiger partial charge in [-0.05, 0) is 48.9 Å². The number of hydrogen-bond acceptors (Lipinski definition) is 2. The Morgan fingerprint density at radius 1 is 1.32 bits per heavy atom. The lowest BCUT2D eigenvalue weighted by Gasteiger charge is -2.18. The van der Waals surface area contributed by atoms with E-state index >= 15 is 0 Å². The molecule has 19 heavy (non-hydrogen) atoms. The number of nitrogens with zero attached hydrogens (tertiary/aromatic N) is 1. The zero-order valence-corrected chi connectivity index (χ0v) is 11.8. The molecule has 0 saturated heterocycles. The van der Waals surface area contributed by atoms with Gasteiger partial charge in [-0.3, -0.25) is 4.98 Å². The fourth-order valence-corrected chi connectivity index (χ4v) is 2.40. The molecule has 0 aliphatic rings. The third kappa shape index (κ3) is 3.44. The SMILES string of the molecule is CNC(Cc1cc(Cl)ccc1F)c1ccncc1Cl. The van der Waals surface area contributed by atoms with E-state index in [9.17, 15) is 4.39 Å². The van der Waals surface area contributed by atoms with Crippen LogP contribution in [0.4, 0.5) is 4.39 Å². The molecule has 1 atom stereocenters. The summed E-state index contributed by atoms with van der Waals surface area (Å²) in [5, 5.41) is 4.21. The first-order valence-corrected chi connectivity index (χ1v) is 6.58. The number of aromatic nitrogens is 1. The molecular formula is C14H13Cl2FN2. The van der Waals surface area contributed by atoms with Gasteiger partial charge < -0.3 is 5.32 Å². The lowest BCUT2D eigenvalue weighted by Crippen LogP contribution is -2.19. The Morgan fingerprint density at radius 2 is 2.11 bits per heavy atom. The highest BCUT2D eigenvalue weighted by Gasteiger charge is 2.15. The first kappa shape index (κ1) is 14.3. The van der Waals surface area contributed by atoms with E-state index < -0.39 is 0 Å². The van der Waals surface area contributed by atoms with E-state index in [4.69, 9.17) is 23.2 Å².